The van der Waals surface area contributed by atoms with E-state index >= 15 is 0 Å². The first-order chi connectivity index (χ1) is 15.7. The van der Waals surface area contributed by atoms with Crippen LogP contribution in [0.5, 0.6) is 0 Å². The fourth-order valence-electron chi connectivity index (χ4n) is 4.13. The molecule has 0 saturated heterocycles. The van der Waals surface area contributed by atoms with E-state index < -0.39 is 0 Å². The Kier molecular flexibility index (Phi) is 10.3. The Hall–Kier alpha value is -1.64. The topological polar surface area (TPSA) is 19.1 Å². The Balaban J connectivity index is 2.01. The van der Waals surface area contributed by atoms with Crippen LogP contribution in [0.15, 0.2) is 36.4 Å². The summed E-state index contributed by atoms with van der Waals surface area (Å²) in [6, 6.07) is 14.0. The van der Waals surface area contributed by atoms with Gasteiger partial charge in [0.15, 0.2) is 0 Å². The molecule has 0 spiro atoms. The van der Waals surface area contributed by atoms with Gasteiger partial charge in [0.2, 0.25) is 0 Å². The summed E-state index contributed by atoms with van der Waals surface area (Å²) in [5, 5.41) is 1.38. The van der Waals surface area contributed by atoms with Crippen LogP contribution in [0.3, 0.4) is 0 Å². The monoisotopic (exact) mass is 500 g/mol. The van der Waals surface area contributed by atoms with E-state index in [1.165, 1.54) is 82.3 Å². The minimum atomic E-state index is 0.306. The van der Waals surface area contributed by atoms with Crippen LogP contribution < -0.4 is 14.8 Å². The van der Waals surface area contributed by atoms with Gasteiger partial charge in [-0.2, -0.15) is 0 Å². The van der Waals surface area contributed by atoms with Crippen LogP contribution in [0.1, 0.15) is 79.1 Å². The second-order valence-corrected chi connectivity index (χ2v) is 11.2. The second kappa shape index (κ2) is 13.2. The fourth-order valence-corrected chi connectivity index (χ4v) is 6.30. The van der Waals surface area contributed by atoms with E-state index in [1.807, 2.05) is 0 Å². The molecule has 0 aromatic heterocycles. The predicted octanol–water partition coefficient (Wildman–Crippen LogP) is 6.18. The molecule has 4 heteroatoms. The van der Waals surface area contributed by atoms with E-state index in [2.05, 4.69) is 73.6 Å². The Morgan fingerprint density at radius 1 is 0.781 bits per heavy atom. The first-order valence-electron chi connectivity index (χ1n) is 12.9. The molecule has 2 aliphatic rings. The number of benzene rings is 2. The molecule has 3 nitrogen and oxygen atoms in total. The molecule has 0 N–H and O–H groups in total. The average molecular weight is 500 g/mol. The molecule has 0 unspecified atom stereocenters. The summed E-state index contributed by atoms with van der Waals surface area (Å²) in [5.74, 6) is 0. The van der Waals surface area contributed by atoms with E-state index in [4.69, 9.17) is 4.98 Å². The van der Waals surface area contributed by atoms with Crippen molar-refractivity contribution < 1.29 is 0 Å². The molecule has 1 heterocycles. The number of fused-ring (bicyclic) bond motifs is 2. The molecule has 1 aliphatic heterocycles. The van der Waals surface area contributed by atoms with Gasteiger partial charge in [0.05, 0.1) is 0 Å². The summed E-state index contributed by atoms with van der Waals surface area (Å²) in [5.41, 5.74) is 3.73. The number of aromatic nitrogens is 1. The molecule has 0 atom stereocenters. The van der Waals surface area contributed by atoms with Gasteiger partial charge in [-0.25, -0.2) is 0 Å². The Morgan fingerprint density at radius 3 is 2.06 bits per heavy atom. The van der Waals surface area contributed by atoms with E-state index in [-0.39, 0.29) is 0 Å². The third-order valence-corrected chi connectivity index (χ3v) is 8.50. The molecular formula is C28H42N3Se+. The molecule has 0 radical (unpaired) electrons. The normalized spacial score (nSPS) is 11.4. The Bertz CT molecular complexity index is 989. The zero-order valence-electron chi connectivity index (χ0n) is 20.7. The van der Waals surface area contributed by atoms with Gasteiger partial charge >= 0.3 is 202 Å². The van der Waals surface area contributed by atoms with Gasteiger partial charge in [-0.15, -0.1) is 0 Å². The summed E-state index contributed by atoms with van der Waals surface area (Å²) < 4.78 is 5.46. The van der Waals surface area contributed by atoms with Crippen LogP contribution >= 0.6 is 0 Å². The van der Waals surface area contributed by atoms with Crippen molar-refractivity contribution in [2.75, 3.05) is 31.1 Å². The summed E-state index contributed by atoms with van der Waals surface area (Å²) in [7, 11) is 0. The molecule has 0 saturated carbocycles. The maximum atomic E-state index is 5.04. The van der Waals surface area contributed by atoms with E-state index in [0.29, 0.717) is 14.5 Å². The van der Waals surface area contributed by atoms with Crippen molar-refractivity contribution in [2.45, 2.75) is 79.1 Å². The van der Waals surface area contributed by atoms with Crippen molar-refractivity contribution in [1.82, 2.24) is 9.56 Å². The van der Waals surface area contributed by atoms with Gasteiger partial charge in [0, 0.05) is 0 Å². The molecule has 0 amide bonds. The molecule has 0 bridgehead atoms. The van der Waals surface area contributed by atoms with Crippen LogP contribution in [-0.2, 0) is 0 Å². The molecule has 3 rings (SSSR count). The van der Waals surface area contributed by atoms with Crippen molar-refractivity contribution in [2.24, 2.45) is 0 Å². The van der Waals surface area contributed by atoms with E-state index in [9.17, 15) is 0 Å². The van der Waals surface area contributed by atoms with Crippen LogP contribution in [0.2, 0.25) is 0 Å². The van der Waals surface area contributed by atoms with Crippen LogP contribution in [0.25, 0.3) is 19.9 Å². The van der Waals surface area contributed by atoms with Gasteiger partial charge in [-0.1, -0.05) is 0 Å². The number of rotatable bonds is 13. The first kappa shape index (κ1) is 25.0. The van der Waals surface area contributed by atoms with Gasteiger partial charge in [-0.05, 0) is 0 Å². The molecule has 1 aromatic rings. The van der Waals surface area contributed by atoms with Crippen molar-refractivity contribution >= 4 is 30.0 Å². The number of hydrogen-bond donors (Lipinski definition) is 0. The van der Waals surface area contributed by atoms with Crippen LogP contribution in [0.4, 0.5) is 5.69 Å². The fraction of sp³-hybridized carbons (Fsp3) is 0.571. The number of unbranched alkanes of at least 4 members (excludes halogenated alkanes) is 4. The standard InChI is InChI=1S/C28H42N3Se/c1-5-9-17-30(18-10-6-2)23-13-15-25-27(21-23)32-28-22-24(14-16-26(28)29-25)31(19-11-7-3)20-12-8-4/h13-16,21-22H,5-12,17-20H2,1-4H3/q+1. The average Bonchev–Trinajstić information content (AvgIpc) is 2.82. The molecule has 32 heavy (non-hydrogen) atoms. The van der Waals surface area contributed by atoms with E-state index in [1.54, 1.807) is 0 Å². The van der Waals surface area contributed by atoms with Crippen molar-refractivity contribution in [3.63, 3.8) is 0 Å². The SMILES string of the molecule is CCCCN(CCCC)c1ccc2nc3ccc(=[N+](CCCC)CCCC)cc-3[se]c2c1. The molecule has 1 aromatic carbocycles. The Morgan fingerprint density at radius 2 is 1.44 bits per heavy atom. The van der Waals surface area contributed by atoms with Gasteiger partial charge in [0.1, 0.15) is 0 Å². The molecule has 0 fully saturated rings. The second-order valence-electron chi connectivity index (χ2n) is 8.91. The van der Waals surface area contributed by atoms with Crippen LogP contribution in [0, 0.1) is 0 Å². The first-order valence-corrected chi connectivity index (χ1v) is 14.6. The number of anilines is 1. The van der Waals surface area contributed by atoms with Crippen molar-refractivity contribution in [3.8, 4) is 10.1 Å². The number of nitrogens with zero attached hydrogens (tertiary/aromatic N) is 3. The zero-order chi connectivity index (χ0) is 22.8. The quantitative estimate of drug-likeness (QED) is 0.159. The van der Waals surface area contributed by atoms with E-state index in [0.717, 1.165) is 26.2 Å². The number of hydrogen-bond acceptors (Lipinski definition) is 2. The molecule has 174 valence electrons. The Labute approximate surface area is 201 Å². The minimum absolute atomic E-state index is 0.306. The van der Waals surface area contributed by atoms with Crippen molar-refractivity contribution in [1.29, 1.82) is 0 Å². The van der Waals surface area contributed by atoms with Gasteiger partial charge < -0.3 is 0 Å². The zero-order valence-corrected chi connectivity index (χ0v) is 22.4. The molecule has 1 aliphatic carbocycles. The van der Waals surface area contributed by atoms with Crippen LogP contribution in [-0.4, -0.2) is 45.7 Å². The summed E-state index contributed by atoms with van der Waals surface area (Å²) in [6.07, 6.45) is 10.0. The predicted molar refractivity (Wildman–Crippen MR) is 142 cm³/mol. The van der Waals surface area contributed by atoms with Gasteiger partial charge in [-0.3, -0.25) is 0 Å². The van der Waals surface area contributed by atoms with Crippen molar-refractivity contribution in [3.05, 3.63) is 41.8 Å². The summed E-state index contributed by atoms with van der Waals surface area (Å²) in [4.78, 5) is 7.63. The third-order valence-electron chi connectivity index (χ3n) is 6.20. The van der Waals surface area contributed by atoms with Gasteiger partial charge in [0.25, 0.3) is 0 Å². The summed E-state index contributed by atoms with van der Waals surface area (Å²) >= 11 is 0.306. The summed E-state index contributed by atoms with van der Waals surface area (Å²) in [6.45, 7) is 13.8. The maximum absolute atomic E-state index is 5.04. The molecular weight excluding hydrogens is 457 g/mol. The third kappa shape index (κ3) is 6.68.